The van der Waals surface area contributed by atoms with Gasteiger partial charge in [0.05, 0.1) is 11.6 Å². The van der Waals surface area contributed by atoms with Crippen LogP contribution in [0, 0.1) is 11.3 Å². The third kappa shape index (κ3) is 1.21. The van der Waals surface area contributed by atoms with Gasteiger partial charge in [-0.15, -0.1) is 0 Å². The van der Waals surface area contributed by atoms with Crippen LogP contribution in [0.1, 0.15) is 36.3 Å². The molecule has 0 bridgehead atoms. The number of rotatable bonds is 1. The summed E-state index contributed by atoms with van der Waals surface area (Å²) in [7, 11) is 0. The molecular formula is C11H11N. The number of benzene rings is 1. The highest BCUT2D eigenvalue weighted by Crippen LogP contribution is 2.36. The van der Waals surface area contributed by atoms with Gasteiger partial charge in [0, 0.05) is 0 Å². The third-order valence-electron chi connectivity index (χ3n) is 2.62. The van der Waals surface area contributed by atoms with Gasteiger partial charge in [-0.3, -0.25) is 0 Å². The number of hydrogen-bond acceptors (Lipinski definition) is 1. The molecule has 0 radical (unpaired) electrons. The van der Waals surface area contributed by atoms with Crippen molar-refractivity contribution in [1.82, 2.24) is 0 Å². The average molecular weight is 157 g/mol. The molecule has 0 saturated heterocycles. The van der Waals surface area contributed by atoms with E-state index in [0.717, 1.165) is 11.5 Å². The van der Waals surface area contributed by atoms with Crippen molar-refractivity contribution in [2.45, 2.75) is 25.2 Å². The third-order valence-corrected chi connectivity index (χ3v) is 2.62. The first-order valence-electron chi connectivity index (χ1n) is 4.40. The second kappa shape index (κ2) is 2.98. The zero-order chi connectivity index (χ0) is 8.39. The maximum Gasteiger partial charge on any atom is 0.0991 e. The molecule has 1 heteroatoms. The Bertz CT molecular complexity index is 301. The van der Waals surface area contributed by atoms with E-state index in [-0.39, 0.29) is 0 Å². The molecule has 12 heavy (non-hydrogen) atoms. The van der Waals surface area contributed by atoms with Crippen LogP contribution >= 0.6 is 0 Å². The minimum atomic E-state index is 0.762. The first-order chi connectivity index (χ1) is 5.90. The van der Waals surface area contributed by atoms with Gasteiger partial charge in [0.25, 0.3) is 0 Å². The molecule has 1 aromatic carbocycles. The van der Waals surface area contributed by atoms with Crippen molar-refractivity contribution in [3.8, 4) is 6.07 Å². The Morgan fingerprint density at radius 3 is 2.25 bits per heavy atom. The largest absolute Gasteiger partial charge is 0.192 e. The fraction of sp³-hybridized carbons (Fsp3) is 0.364. The van der Waals surface area contributed by atoms with E-state index < -0.39 is 0 Å². The van der Waals surface area contributed by atoms with Crippen LogP contribution in [0.3, 0.4) is 0 Å². The molecule has 0 heterocycles. The molecule has 0 spiro atoms. The van der Waals surface area contributed by atoms with Crippen molar-refractivity contribution in [2.24, 2.45) is 0 Å². The smallest absolute Gasteiger partial charge is 0.0991 e. The van der Waals surface area contributed by atoms with Crippen LogP contribution in [-0.2, 0) is 0 Å². The van der Waals surface area contributed by atoms with Gasteiger partial charge < -0.3 is 0 Å². The topological polar surface area (TPSA) is 23.8 Å². The molecule has 2 rings (SSSR count). The maximum absolute atomic E-state index is 8.59. The van der Waals surface area contributed by atoms with Crippen molar-refractivity contribution in [2.75, 3.05) is 0 Å². The zero-order valence-corrected chi connectivity index (χ0v) is 6.96. The van der Waals surface area contributed by atoms with Crippen molar-refractivity contribution < 1.29 is 0 Å². The number of hydrogen-bond donors (Lipinski definition) is 0. The molecule has 1 aliphatic rings. The lowest BCUT2D eigenvalue weighted by Crippen LogP contribution is -2.08. The van der Waals surface area contributed by atoms with Gasteiger partial charge in [0.15, 0.2) is 0 Å². The molecule has 1 nitrogen and oxygen atoms in total. The lowest BCUT2D eigenvalue weighted by atomic mass is 9.80. The summed E-state index contributed by atoms with van der Waals surface area (Å²) < 4.78 is 0. The van der Waals surface area contributed by atoms with Gasteiger partial charge in [0.2, 0.25) is 0 Å². The molecule has 1 saturated carbocycles. The summed E-state index contributed by atoms with van der Waals surface area (Å²) in [6.07, 6.45) is 4.02. The van der Waals surface area contributed by atoms with E-state index in [2.05, 4.69) is 18.2 Å². The van der Waals surface area contributed by atoms with E-state index >= 15 is 0 Å². The van der Waals surface area contributed by atoms with Crippen LogP contribution in [0.25, 0.3) is 0 Å². The Balaban J connectivity index is 2.19. The van der Waals surface area contributed by atoms with E-state index in [0.29, 0.717) is 0 Å². The summed E-state index contributed by atoms with van der Waals surface area (Å²) in [4.78, 5) is 0. The van der Waals surface area contributed by atoms with Gasteiger partial charge in [0.1, 0.15) is 0 Å². The normalized spacial score (nSPS) is 16.6. The lowest BCUT2D eigenvalue weighted by Gasteiger charge is -2.25. The fourth-order valence-electron chi connectivity index (χ4n) is 1.57. The standard InChI is InChI=1S/C11H11N/c12-8-9-4-6-11(7-5-9)10-2-1-3-10/h4-7,10H,1-3H2. The van der Waals surface area contributed by atoms with Gasteiger partial charge in [-0.2, -0.15) is 5.26 Å². The van der Waals surface area contributed by atoms with Crippen molar-refractivity contribution in [3.05, 3.63) is 35.4 Å². The van der Waals surface area contributed by atoms with Crippen LogP contribution < -0.4 is 0 Å². The molecule has 1 fully saturated rings. The molecule has 1 aliphatic carbocycles. The van der Waals surface area contributed by atoms with Gasteiger partial charge in [-0.05, 0) is 36.5 Å². The molecule has 1 aromatic rings. The number of nitriles is 1. The Morgan fingerprint density at radius 2 is 1.83 bits per heavy atom. The number of nitrogens with zero attached hydrogens (tertiary/aromatic N) is 1. The second-order valence-corrected chi connectivity index (χ2v) is 3.36. The average Bonchev–Trinajstić information content (AvgIpc) is 2.03. The summed E-state index contributed by atoms with van der Waals surface area (Å²) >= 11 is 0. The fourth-order valence-corrected chi connectivity index (χ4v) is 1.57. The van der Waals surface area contributed by atoms with Crippen molar-refractivity contribution >= 4 is 0 Å². The quantitative estimate of drug-likeness (QED) is 0.615. The molecule has 0 atom stereocenters. The van der Waals surface area contributed by atoms with Gasteiger partial charge >= 0.3 is 0 Å². The second-order valence-electron chi connectivity index (χ2n) is 3.36. The molecule has 0 amide bonds. The Kier molecular flexibility index (Phi) is 1.83. The van der Waals surface area contributed by atoms with Crippen LogP contribution in [0.5, 0.6) is 0 Å². The first kappa shape index (κ1) is 7.36. The van der Waals surface area contributed by atoms with Crippen LogP contribution in [-0.4, -0.2) is 0 Å². The summed E-state index contributed by atoms with van der Waals surface area (Å²) in [5.74, 6) is 0.776. The molecule has 60 valence electrons. The summed E-state index contributed by atoms with van der Waals surface area (Å²) in [5, 5.41) is 8.59. The zero-order valence-electron chi connectivity index (χ0n) is 6.96. The maximum atomic E-state index is 8.59. The minimum Gasteiger partial charge on any atom is -0.192 e. The summed E-state index contributed by atoms with van der Waals surface area (Å²) in [6.45, 7) is 0. The molecule has 0 aromatic heterocycles. The first-order valence-corrected chi connectivity index (χ1v) is 4.40. The summed E-state index contributed by atoms with van der Waals surface area (Å²) in [5.41, 5.74) is 2.17. The van der Waals surface area contributed by atoms with Crippen LogP contribution in [0.4, 0.5) is 0 Å². The van der Waals surface area contributed by atoms with Crippen molar-refractivity contribution in [1.29, 1.82) is 5.26 Å². The van der Waals surface area contributed by atoms with E-state index in [4.69, 9.17) is 5.26 Å². The minimum absolute atomic E-state index is 0.762. The Hall–Kier alpha value is -1.29. The van der Waals surface area contributed by atoms with Crippen LogP contribution in [0.15, 0.2) is 24.3 Å². The molecular weight excluding hydrogens is 146 g/mol. The van der Waals surface area contributed by atoms with Gasteiger partial charge in [-0.1, -0.05) is 18.6 Å². The monoisotopic (exact) mass is 157 g/mol. The molecule has 0 N–H and O–H groups in total. The van der Waals surface area contributed by atoms with E-state index in [1.807, 2.05) is 12.1 Å². The van der Waals surface area contributed by atoms with E-state index in [1.54, 1.807) is 0 Å². The highest BCUT2D eigenvalue weighted by Gasteiger charge is 2.18. The molecule has 0 unspecified atom stereocenters. The highest BCUT2D eigenvalue weighted by molar-refractivity contribution is 5.33. The SMILES string of the molecule is N#Cc1ccc(C2CCC2)cc1. The van der Waals surface area contributed by atoms with Gasteiger partial charge in [-0.25, -0.2) is 0 Å². The van der Waals surface area contributed by atoms with Crippen LogP contribution in [0.2, 0.25) is 0 Å². The Morgan fingerprint density at radius 1 is 1.17 bits per heavy atom. The van der Waals surface area contributed by atoms with E-state index in [9.17, 15) is 0 Å². The highest BCUT2D eigenvalue weighted by atomic mass is 14.3. The predicted molar refractivity (Wildman–Crippen MR) is 47.7 cm³/mol. The molecule has 0 aliphatic heterocycles. The Labute approximate surface area is 72.6 Å². The van der Waals surface area contributed by atoms with Crippen molar-refractivity contribution in [3.63, 3.8) is 0 Å². The predicted octanol–water partition coefficient (Wildman–Crippen LogP) is 2.83. The van der Waals surface area contributed by atoms with E-state index in [1.165, 1.54) is 24.8 Å². The summed E-state index contributed by atoms with van der Waals surface area (Å²) in [6, 6.07) is 10.1. The lowest BCUT2D eigenvalue weighted by molar-refractivity contribution is 0.420.